The molecule has 0 saturated carbocycles. The van der Waals surface area contributed by atoms with Crippen LogP contribution in [0.2, 0.25) is 0 Å². The number of nitrogens with zero attached hydrogens (tertiary/aromatic N) is 2. The first-order chi connectivity index (χ1) is 11.2. The molecule has 2 aromatic heterocycles. The quantitative estimate of drug-likeness (QED) is 0.510. The molecule has 0 N–H and O–H groups in total. The van der Waals surface area contributed by atoms with Gasteiger partial charge in [0, 0.05) is 5.75 Å². The first-order valence-corrected chi connectivity index (χ1v) is 8.72. The Labute approximate surface area is 141 Å². The topological polar surface area (TPSA) is 65.2 Å². The molecule has 23 heavy (non-hydrogen) atoms. The molecule has 0 radical (unpaired) electrons. The van der Waals surface area contributed by atoms with Crippen LogP contribution < -0.4 is 0 Å². The summed E-state index contributed by atoms with van der Waals surface area (Å²) in [5, 5.41) is 10.7. The molecule has 118 valence electrons. The van der Waals surface area contributed by atoms with Gasteiger partial charge in [0.2, 0.25) is 0 Å². The summed E-state index contributed by atoms with van der Waals surface area (Å²) in [6.07, 6.45) is 0. The predicted molar refractivity (Wildman–Crippen MR) is 89.7 cm³/mol. The highest BCUT2D eigenvalue weighted by molar-refractivity contribution is 7.98. The van der Waals surface area contributed by atoms with E-state index in [1.165, 1.54) is 18.9 Å². The third-order valence-electron chi connectivity index (χ3n) is 3.20. The fraction of sp³-hybridized carbons (Fsp3) is 0.188. The van der Waals surface area contributed by atoms with Crippen LogP contribution in [0.15, 0.2) is 45.4 Å². The second-order valence-corrected chi connectivity index (χ2v) is 6.63. The lowest BCUT2D eigenvalue weighted by Gasteiger charge is -2.01. The molecule has 0 bridgehead atoms. The second-order valence-electron chi connectivity index (χ2n) is 4.78. The highest BCUT2D eigenvalue weighted by Gasteiger charge is 2.12. The molecule has 2 heterocycles. The maximum atomic E-state index is 11.4. The van der Waals surface area contributed by atoms with E-state index in [-0.39, 0.29) is 5.97 Å². The standard InChI is InChI=1S/C16H14N2O3S2/c1-10-7-8-22-13(10)14-17-18-16(21-14)23-9-11-3-5-12(6-4-11)15(19)20-2/h3-8H,9H2,1-2H3. The number of hydrogen-bond donors (Lipinski definition) is 0. The molecule has 5 nitrogen and oxygen atoms in total. The van der Waals surface area contributed by atoms with E-state index in [2.05, 4.69) is 14.9 Å². The van der Waals surface area contributed by atoms with Crippen LogP contribution in [0, 0.1) is 6.92 Å². The van der Waals surface area contributed by atoms with Crippen molar-refractivity contribution in [1.29, 1.82) is 0 Å². The van der Waals surface area contributed by atoms with Gasteiger partial charge in [-0.3, -0.25) is 0 Å². The van der Waals surface area contributed by atoms with E-state index in [1.807, 2.05) is 30.5 Å². The monoisotopic (exact) mass is 346 g/mol. The lowest BCUT2D eigenvalue weighted by molar-refractivity contribution is 0.0600. The highest BCUT2D eigenvalue weighted by atomic mass is 32.2. The number of rotatable bonds is 5. The molecule has 0 fully saturated rings. The fourth-order valence-electron chi connectivity index (χ4n) is 1.95. The van der Waals surface area contributed by atoms with Gasteiger partial charge in [-0.15, -0.1) is 21.5 Å². The summed E-state index contributed by atoms with van der Waals surface area (Å²) in [7, 11) is 1.37. The average molecular weight is 346 g/mol. The first kappa shape index (κ1) is 15.8. The van der Waals surface area contributed by atoms with E-state index in [1.54, 1.807) is 23.5 Å². The Kier molecular flexibility index (Phi) is 4.78. The van der Waals surface area contributed by atoms with Crippen molar-refractivity contribution in [3.63, 3.8) is 0 Å². The normalized spacial score (nSPS) is 10.7. The van der Waals surface area contributed by atoms with Crippen molar-refractivity contribution in [2.24, 2.45) is 0 Å². The third kappa shape index (κ3) is 3.62. The Balaban J connectivity index is 1.64. The summed E-state index contributed by atoms with van der Waals surface area (Å²) in [5.74, 6) is 0.907. The van der Waals surface area contributed by atoms with Crippen molar-refractivity contribution in [2.75, 3.05) is 7.11 Å². The molecule has 0 aliphatic heterocycles. The van der Waals surface area contributed by atoms with Crippen molar-refractivity contribution in [3.05, 3.63) is 52.4 Å². The summed E-state index contributed by atoms with van der Waals surface area (Å²) in [6, 6.07) is 9.30. The van der Waals surface area contributed by atoms with Gasteiger partial charge in [0.05, 0.1) is 17.6 Å². The van der Waals surface area contributed by atoms with Crippen LogP contribution in [0.25, 0.3) is 10.8 Å². The molecule has 0 saturated heterocycles. The molecule has 0 atom stereocenters. The lowest BCUT2D eigenvalue weighted by atomic mass is 10.1. The van der Waals surface area contributed by atoms with Crippen molar-refractivity contribution >= 4 is 29.1 Å². The molecule has 0 aliphatic rings. The van der Waals surface area contributed by atoms with E-state index in [9.17, 15) is 4.79 Å². The second kappa shape index (κ2) is 6.97. The van der Waals surface area contributed by atoms with Crippen LogP contribution >= 0.6 is 23.1 Å². The maximum Gasteiger partial charge on any atom is 0.337 e. The number of methoxy groups -OCH3 is 1. The summed E-state index contributed by atoms with van der Waals surface area (Å²) < 4.78 is 10.4. The molecule has 0 unspecified atom stereocenters. The van der Waals surface area contributed by atoms with Gasteiger partial charge < -0.3 is 9.15 Å². The number of ether oxygens (including phenoxy) is 1. The number of hydrogen-bond acceptors (Lipinski definition) is 7. The van der Waals surface area contributed by atoms with Gasteiger partial charge in [-0.05, 0) is 41.6 Å². The number of carbonyl (C=O) groups is 1. The first-order valence-electron chi connectivity index (χ1n) is 6.85. The molecular formula is C16H14N2O3S2. The Bertz CT molecular complexity index is 809. The SMILES string of the molecule is COC(=O)c1ccc(CSc2nnc(-c3sccc3C)o2)cc1. The fourth-order valence-corrected chi connectivity index (χ4v) is 3.52. The van der Waals surface area contributed by atoms with Crippen molar-refractivity contribution in [3.8, 4) is 10.8 Å². The lowest BCUT2D eigenvalue weighted by Crippen LogP contribution is -2.00. The van der Waals surface area contributed by atoms with Crippen LogP contribution in [0.3, 0.4) is 0 Å². The van der Waals surface area contributed by atoms with Gasteiger partial charge in [-0.25, -0.2) is 4.79 Å². The van der Waals surface area contributed by atoms with Gasteiger partial charge in [-0.2, -0.15) is 0 Å². The van der Waals surface area contributed by atoms with Gasteiger partial charge >= 0.3 is 5.97 Å². The Morgan fingerprint density at radius 2 is 2.04 bits per heavy atom. The van der Waals surface area contributed by atoms with Crippen molar-refractivity contribution in [2.45, 2.75) is 17.9 Å². The van der Waals surface area contributed by atoms with Gasteiger partial charge in [-0.1, -0.05) is 23.9 Å². The van der Waals surface area contributed by atoms with Crippen LogP contribution in [-0.2, 0) is 10.5 Å². The Morgan fingerprint density at radius 1 is 1.26 bits per heavy atom. The van der Waals surface area contributed by atoms with E-state index in [0.29, 0.717) is 22.4 Å². The number of esters is 1. The zero-order chi connectivity index (χ0) is 16.2. The highest BCUT2D eigenvalue weighted by Crippen LogP contribution is 2.30. The number of thioether (sulfide) groups is 1. The summed E-state index contributed by atoms with van der Waals surface area (Å²) in [5.41, 5.74) is 2.73. The molecule has 3 aromatic rings. The number of aromatic nitrogens is 2. The predicted octanol–water partition coefficient (Wildman–Crippen LogP) is 4.19. The molecule has 0 spiro atoms. The van der Waals surface area contributed by atoms with E-state index >= 15 is 0 Å². The van der Waals surface area contributed by atoms with Crippen LogP contribution in [0.1, 0.15) is 21.5 Å². The molecule has 3 rings (SSSR count). The third-order valence-corrected chi connectivity index (χ3v) is 5.09. The summed E-state index contributed by atoms with van der Waals surface area (Å²) in [6.45, 7) is 2.02. The number of carbonyl (C=O) groups excluding carboxylic acids is 1. The molecule has 0 amide bonds. The molecule has 7 heteroatoms. The van der Waals surface area contributed by atoms with Crippen LogP contribution in [0.4, 0.5) is 0 Å². The number of thiophene rings is 1. The minimum atomic E-state index is -0.336. The van der Waals surface area contributed by atoms with Crippen LogP contribution in [-0.4, -0.2) is 23.3 Å². The average Bonchev–Trinajstić information content (AvgIpc) is 3.21. The minimum absolute atomic E-state index is 0.336. The minimum Gasteiger partial charge on any atom is -0.465 e. The largest absolute Gasteiger partial charge is 0.465 e. The maximum absolute atomic E-state index is 11.4. The Hall–Kier alpha value is -2.12. The van der Waals surface area contributed by atoms with Gasteiger partial charge in [0.15, 0.2) is 0 Å². The summed E-state index contributed by atoms with van der Waals surface area (Å²) in [4.78, 5) is 12.4. The van der Waals surface area contributed by atoms with Gasteiger partial charge in [0.25, 0.3) is 11.1 Å². The zero-order valence-electron chi connectivity index (χ0n) is 12.6. The summed E-state index contributed by atoms with van der Waals surface area (Å²) >= 11 is 3.05. The molecule has 1 aromatic carbocycles. The number of aryl methyl sites for hydroxylation is 1. The van der Waals surface area contributed by atoms with Crippen molar-refractivity contribution < 1.29 is 13.9 Å². The number of benzene rings is 1. The zero-order valence-corrected chi connectivity index (χ0v) is 14.2. The van der Waals surface area contributed by atoms with E-state index < -0.39 is 0 Å². The molecule has 0 aliphatic carbocycles. The smallest absolute Gasteiger partial charge is 0.337 e. The van der Waals surface area contributed by atoms with E-state index in [0.717, 1.165) is 16.0 Å². The van der Waals surface area contributed by atoms with Crippen molar-refractivity contribution in [1.82, 2.24) is 10.2 Å². The van der Waals surface area contributed by atoms with E-state index in [4.69, 9.17) is 4.42 Å². The molecular weight excluding hydrogens is 332 g/mol. The Morgan fingerprint density at radius 3 is 2.70 bits per heavy atom. The van der Waals surface area contributed by atoms with Crippen LogP contribution in [0.5, 0.6) is 0 Å². The van der Waals surface area contributed by atoms with Gasteiger partial charge in [0.1, 0.15) is 0 Å².